The number of benzene rings is 1. The van der Waals surface area contributed by atoms with E-state index in [1.807, 2.05) is 0 Å². The topological polar surface area (TPSA) is 29.3 Å². The SMILES string of the molecule is CC1CCN(CC(C)c2ccccc2)C(CN)C1. The van der Waals surface area contributed by atoms with Gasteiger partial charge in [-0.05, 0) is 36.8 Å². The van der Waals surface area contributed by atoms with Crippen molar-refractivity contribution in [1.29, 1.82) is 0 Å². The molecule has 0 aromatic heterocycles. The number of piperidine rings is 1. The Morgan fingerprint density at radius 1 is 1.33 bits per heavy atom. The van der Waals surface area contributed by atoms with Gasteiger partial charge >= 0.3 is 0 Å². The van der Waals surface area contributed by atoms with Gasteiger partial charge in [-0.15, -0.1) is 0 Å². The fraction of sp³-hybridized carbons (Fsp3) is 0.625. The molecule has 0 spiro atoms. The molecule has 1 aromatic rings. The third kappa shape index (κ3) is 3.33. The van der Waals surface area contributed by atoms with Crippen molar-refractivity contribution < 1.29 is 0 Å². The summed E-state index contributed by atoms with van der Waals surface area (Å²) >= 11 is 0. The lowest BCUT2D eigenvalue weighted by atomic mass is 9.90. The molecule has 1 aliphatic heterocycles. The van der Waals surface area contributed by atoms with Crippen LogP contribution in [0.15, 0.2) is 30.3 Å². The van der Waals surface area contributed by atoms with Crippen LogP contribution >= 0.6 is 0 Å². The minimum absolute atomic E-state index is 0.583. The molecule has 0 bridgehead atoms. The Morgan fingerprint density at radius 3 is 2.72 bits per heavy atom. The number of rotatable bonds is 4. The molecule has 0 radical (unpaired) electrons. The van der Waals surface area contributed by atoms with E-state index in [2.05, 4.69) is 49.1 Å². The predicted octanol–water partition coefficient (Wildman–Crippen LogP) is 2.85. The summed E-state index contributed by atoms with van der Waals surface area (Å²) in [6.45, 7) is 7.81. The van der Waals surface area contributed by atoms with Crippen LogP contribution in [-0.2, 0) is 0 Å². The van der Waals surface area contributed by atoms with Crippen molar-refractivity contribution in [3.05, 3.63) is 35.9 Å². The largest absolute Gasteiger partial charge is 0.329 e. The summed E-state index contributed by atoms with van der Waals surface area (Å²) in [6.07, 6.45) is 2.58. The minimum Gasteiger partial charge on any atom is -0.329 e. The summed E-state index contributed by atoms with van der Waals surface area (Å²) in [5.41, 5.74) is 7.37. The van der Waals surface area contributed by atoms with Crippen molar-refractivity contribution in [3.8, 4) is 0 Å². The number of nitrogens with two attached hydrogens (primary N) is 1. The molecule has 18 heavy (non-hydrogen) atoms. The third-order valence-electron chi connectivity index (χ3n) is 4.25. The Labute approximate surface area is 111 Å². The summed E-state index contributed by atoms with van der Waals surface area (Å²) in [5, 5.41) is 0. The van der Waals surface area contributed by atoms with Crippen molar-refractivity contribution in [1.82, 2.24) is 4.90 Å². The van der Waals surface area contributed by atoms with E-state index in [4.69, 9.17) is 5.73 Å². The maximum Gasteiger partial charge on any atom is 0.0221 e. The van der Waals surface area contributed by atoms with Crippen molar-refractivity contribution in [2.24, 2.45) is 11.7 Å². The standard InChI is InChI=1S/C16H26N2/c1-13-8-9-18(16(10-13)11-17)12-14(2)15-6-4-3-5-7-15/h3-7,13-14,16H,8-12,17H2,1-2H3. The van der Waals surface area contributed by atoms with Gasteiger partial charge in [0.1, 0.15) is 0 Å². The molecule has 3 unspecified atom stereocenters. The zero-order valence-electron chi connectivity index (χ0n) is 11.7. The van der Waals surface area contributed by atoms with Gasteiger partial charge in [0.2, 0.25) is 0 Å². The second-order valence-corrected chi connectivity index (χ2v) is 5.83. The van der Waals surface area contributed by atoms with E-state index in [1.165, 1.54) is 24.9 Å². The summed E-state index contributed by atoms with van der Waals surface area (Å²) in [4.78, 5) is 2.59. The van der Waals surface area contributed by atoms with Crippen LogP contribution in [0.4, 0.5) is 0 Å². The van der Waals surface area contributed by atoms with Crippen LogP contribution < -0.4 is 5.73 Å². The molecule has 1 saturated heterocycles. The zero-order chi connectivity index (χ0) is 13.0. The fourth-order valence-corrected chi connectivity index (χ4v) is 3.02. The van der Waals surface area contributed by atoms with E-state index in [0.29, 0.717) is 12.0 Å². The molecule has 100 valence electrons. The molecule has 0 saturated carbocycles. The molecular formula is C16H26N2. The van der Waals surface area contributed by atoms with E-state index < -0.39 is 0 Å². The number of likely N-dealkylation sites (tertiary alicyclic amines) is 1. The van der Waals surface area contributed by atoms with Crippen LogP contribution in [0, 0.1) is 5.92 Å². The van der Waals surface area contributed by atoms with Crippen LogP contribution in [-0.4, -0.2) is 30.6 Å². The van der Waals surface area contributed by atoms with E-state index in [9.17, 15) is 0 Å². The first-order valence-electron chi connectivity index (χ1n) is 7.19. The monoisotopic (exact) mass is 246 g/mol. The third-order valence-corrected chi connectivity index (χ3v) is 4.25. The van der Waals surface area contributed by atoms with E-state index in [1.54, 1.807) is 0 Å². The molecule has 1 aliphatic rings. The van der Waals surface area contributed by atoms with E-state index in [0.717, 1.165) is 19.0 Å². The van der Waals surface area contributed by atoms with Crippen LogP contribution in [0.5, 0.6) is 0 Å². The number of hydrogen-bond acceptors (Lipinski definition) is 2. The highest BCUT2D eigenvalue weighted by Gasteiger charge is 2.26. The Bertz CT molecular complexity index is 349. The van der Waals surface area contributed by atoms with E-state index in [-0.39, 0.29) is 0 Å². The maximum atomic E-state index is 5.93. The lowest BCUT2D eigenvalue weighted by Gasteiger charge is -2.39. The Morgan fingerprint density at radius 2 is 2.06 bits per heavy atom. The van der Waals surface area contributed by atoms with Gasteiger partial charge in [-0.1, -0.05) is 44.2 Å². The van der Waals surface area contributed by atoms with Crippen LogP contribution in [0.2, 0.25) is 0 Å². The first kappa shape index (κ1) is 13.6. The van der Waals surface area contributed by atoms with Crippen molar-refractivity contribution in [3.63, 3.8) is 0 Å². The average molecular weight is 246 g/mol. The number of nitrogens with zero attached hydrogens (tertiary/aromatic N) is 1. The van der Waals surface area contributed by atoms with Gasteiger partial charge in [0.15, 0.2) is 0 Å². The fourth-order valence-electron chi connectivity index (χ4n) is 3.02. The average Bonchev–Trinajstić information content (AvgIpc) is 2.41. The molecule has 0 aliphatic carbocycles. The first-order valence-corrected chi connectivity index (χ1v) is 7.19. The molecule has 2 nitrogen and oxygen atoms in total. The maximum absolute atomic E-state index is 5.93. The molecule has 2 rings (SSSR count). The molecule has 2 heteroatoms. The molecule has 3 atom stereocenters. The van der Waals surface area contributed by atoms with Gasteiger partial charge in [0, 0.05) is 19.1 Å². The van der Waals surface area contributed by atoms with Gasteiger partial charge in [-0.25, -0.2) is 0 Å². The van der Waals surface area contributed by atoms with Crippen LogP contribution in [0.25, 0.3) is 0 Å². The second-order valence-electron chi connectivity index (χ2n) is 5.83. The Kier molecular flexibility index (Phi) is 4.79. The van der Waals surface area contributed by atoms with Gasteiger partial charge in [-0.2, -0.15) is 0 Å². The predicted molar refractivity (Wildman–Crippen MR) is 77.7 cm³/mol. The normalized spacial score (nSPS) is 27.1. The van der Waals surface area contributed by atoms with Crippen molar-refractivity contribution >= 4 is 0 Å². The smallest absolute Gasteiger partial charge is 0.0221 e. The van der Waals surface area contributed by atoms with Crippen molar-refractivity contribution in [2.75, 3.05) is 19.6 Å². The Balaban J connectivity index is 1.96. The first-order chi connectivity index (χ1) is 8.70. The molecule has 1 aromatic carbocycles. The van der Waals surface area contributed by atoms with Crippen molar-refractivity contribution in [2.45, 2.75) is 38.6 Å². The highest BCUT2D eigenvalue weighted by atomic mass is 15.2. The molecule has 2 N–H and O–H groups in total. The molecule has 0 amide bonds. The van der Waals surface area contributed by atoms with Gasteiger partial charge < -0.3 is 5.73 Å². The molecule has 1 fully saturated rings. The van der Waals surface area contributed by atoms with Gasteiger partial charge in [-0.3, -0.25) is 4.90 Å². The summed E-state index contributed by atoms with van der Waals surface area (Å²) in [7, 11) is 0. The van der Waals surface area contributed by atoms with Crippen LogP contribution in [0.1, 0.15) is 38.2 Å². The van der Waals surface area contributed by atoms with Crippen LogP contribution in [0.3, 0.4) is 0 Å². The highest BCUT2D eigenvalue weighted by molar-refractivity contribution is 5.19. The van der Waals surface area contributed by atoms with E-state index >= 15 is 0 Å². The number of hydrogen-bond donors (Lipinski definition) is 1. The molecule has 1 heterocycles. The zero-order valence-corrected chi connectivity index (χ0v) is 11.7. The lowest BCUT2D eigenvalue weighted by Crippen LogP contribution is -2.47. The summed E-state index contributed by atoms with van der Waals surface area (Å²) in [5.74, 6) is 1.43. The second kappa shape index (κ2) is 6.35. The molecular weight excluding hydrogens is 220 g/mol. The minimum atomic E-state index is 0.583. The lowest BCUT2D eigenvalue weighted by molar-refractivity contribution is 0.117. The highest BCUT2D eigenvalue weighted by Crippen LogP contribution is 2.25. The summed E-state index contributed by atoms with van der Waals surface area (Å²) < 4.78 is 0. The van der Waals surface area contributed by atoms with Gasteiger partial charge in [0.25, 0.3) is 0 Å². The Hall–Kier alpha value is -0.860. The van der Waals surface area contributed by atoms with Gasteiger partial charge in [0.05, 0.1) is 0 Å². The quantitative estimate of drug-likeness (QED) is 0.885. The summed E-state index contributed by atoms with van der Waals surface area (Å²) in [6, 6.07) is 11.4.